The third-order valence-corrected chi connectivity index (χ3v) is 4.43. The molecule has 1 fully saturated rings. The molecular weight excluding hydrogens is 284 g/mol. The van der Waals surface area contributed by atoms with Crippen LogP contribution >= 0.6 is 0 Å². The second-order valence-electron chi connectivity index (χ2n) is 5.94. The summed E-state index contributed by atoms with van der Waals surface area (Å²) in [6.45, 7) is 7.05. The van der Waals surface area contributed by atoms with Gasteiger partial charge in [-0.15, -0.1) is 0 Å². The molecule has 0 N–H and O–H groups in total. The first kappa shape index (κ1) is 15.3. The molecule has 1 unspecified atom stereocenters. The van der Waals surface area contributed by atoms with Crippen LogP contribution in [0.15, 0.2) is 6.33 Å². The summed E-state index contributed by atoms with van der Waals surface area (Å²) in [6.07, 6.45) is 1.32. The highest BCUT2D eigenvalue weighted by atomic mass is 16.6. The molecule has 0 radical (unpaired) electrons. The van der Waals surface area contributed by atoms with Gasteiger partial charge in [0.2, 0.25) is 0 Å². The molecule has 1 aliphatic heterocycles. The van der Waals surface area contributed by atoms with Gasteiger partial charge in [-0.1, -0.05) is 0 Å². The van der Waals surface area contributed by atoms with Gasteiger partial charge in [-0.25, -0.2) is 15.0 Å². The van der Waals surface area contributed by atoms with Crippen LogP contribution in [0, 0.1) is 13.8 Å². The summed E-state index contributed by atoms with van der Waals surface area (Å²) in [5, 5.41) is 0. The highest BCUT2D eigenvalue weighted by molar-refractivity contribution is 5.74. The van der Waals surface area contributed by atoms with Crippen LogP contribution in [-0.2, 0) is 19.7 Å². The van der Waals surface area contributed by atoms with Crippen molar-refractivity contribution in [1.29, 1.82) is 0 Å². The standard InChI is InChI=1S/C15H22N4O3/c1-9-12-14(17-8-16-9)19(10(2)18-12)15(3)7-22-11(6-20-4)13(15)21-5/h8,11,13H,6-7H2,1-5H3/t11-,13?,15-/m1/s1. The molecule has 1 aliphatic rings. The summed E-state index contributed by atoms with van der Waals surface area (Å²) in [5.74, 6) is 0.879. The Kier molecular flexibility index (Phi) is 3.88. The quantitative estimate of drug-likeness (QED) is 0.846. The van der Waals surface area contributed by atoms with E-state index in [1.807, 2.05) is 13.8 Å². The number of rotatable bonds is 4. The normalized spacial score (nSPS) is 28.6. The van der Waals surface area contributed by atoms with Crippen LogP contribution in [0.2, 0.25) is 0 Å². The molecule has 0 amide bonds. The summed E-state index contributed by atoms with van der Waals surface area (Å²) in [7, 11) is 3.37. The molecule has 2 aromatic heterocycles. The zero-order valence-corrected chi connectivity index (χ0v) is 13.7. The molecule has 22 heavy (non-hydrogen) atoms. The predicted octanol–water partition coefficient (Wildman–Crippen LogP) is 1.22. The molecule has 3 rings (SSSR count). The molecule has 3 atom stereocenters. The topological polar surface area (TPSA) is 71.3 Å². The van der Waals surface area contributed by atoms with Crippen molar-refractivity contribution in [3.8, 4) is 0 Å². The fraction of sp³-hybridized carbons (Fsp3) is 0.667. The van der Waals surface area contributed by atoms with Crippen LogP contribution < -0.4 is 0 Å². The fourth-order valence-corrected chi connectivity index (χ4v) is 3.47. The van der Waals surface area contributed by atoms with Crippen molar-refractivity contribution in [2.24, 2.45) is 0 Å². The summed E-state index contributed by atoms with van der Waals surface area (Å²) >= 11 is 0. The van der Waals surface area contributed by atoms with Gasteiger partial charge >= 0.3 is 0 Å². The maximum atomic E-state index is 5.93. The van der Waals surface area contributed by atoms with E-state index in [4.69, 9.17) is 14.2 Å². The third kappa shape index (κ3) is 2.12. The van der Waals surface area contributed by atoms with Gasteiger partial charge in [0.15, 0.2) is 5.65 Å². The zero-order chi connectivity index (χ0) is 15.9. The van der Waals surface area contributed by atoms with E-state index >= 15 is 0 Å². The van der Waals surface area contributed by atoms with Gasteiger partial charge in [0.25, 0.3) is 0 Å². The first-order chi connectivity index (χ1) is 10.5. The minimum atomic E-state index is -0.391. The van der Waals surface area contributed by atoms with Crippen LogP contribution in [0.4, 0.5) is 0 Å². The molecule has 0 aromatic carbocycles. The number of methoxy groups -OCH3 is 2. The predicted molar refractivity (Wildman–Crippen MR) is 80.9 cm³/mol. The molecular formula is C15H22N4O3. The Hall–Kier alpha value is -1.57. The molecule has 0 saturated carbocycles. The van der Waals surface area contributed by atoms with Crippen molar-refractivity contribution in [1.82, 2.24) is 19.5 Å². The van der Waals surface area contributed by atoms with Crippen LogP contribution in [-0.4, -0.2) is 59.2 Å². The molecule has 120 valence electrons. The minimum Gasteiger partial charge on any atom is -0.382 e. The van der Waals surface area contributed by atoms with Gasteiger partial charge in [-0.05, 0) is 20.8 Å². The monoisotopic (exact) mass is 306 g/mol. The molecule has 0 spiro atoms. The van der Waals surface area contributed by atoms with Gasteiger partial charge in [-0.3, -0.25) is 0 Å². The lowest BCUT2D eigenvalue weighted by Gasteiger charge is -2.33. The number of hydrogen-bond acceptors (Lipinski definition) is 6. The summed E-state index contributed by atoms with van der Waals surface area (Å²) < 4.78 is 19.0. The van der Waals surface area contributed by atoms with Crippen LogP contribution in [0.1, 0.15) is 18.4 Å². The Balaban J connectivity index is 2.14. The van der Waals surface area contributed by atoms with E-state index in [0.29, 0.717) is 13.2 Å². The average molecular weight is 306 g/mol. The first-order valence-electron chi connectivity index (χ1n) is 7.33. The Bertz CT molecular complexity index is 687. The summed E-state index contributed by atoms with van der Waals surface area (Å²) in [4.78, 5) is 13.3. The SMILES string of the molecule is COC[C@H]1OC[C@@](C)(n2c(C)nc3c(C)ncnc32)C1OC. The van der Waals surface area contributed by atoms with E-state index in [1.54, 1.807) is 20.5 Å². The Morgan fingerprint density at radius 1 is 1.36 bits per heavy atom. The molecule has 0 bridgehead atoms. The van der Waals surface area contributed by atoms with Gasteiger partial charge in [0.05, 0.1) is 24.4 Å². The Labute approximate surface area is 129 Å². The van der Waals surface area contributed by atoms with E-state index in [-0.39, 0.29) is 12.2 Å². The lowest BCUT2D eigenvalue weighted by molar-refractivity contribution is -0.0367. The highest BCUT2D eigenvalue weighted by Gasteiger charge is 2.49. The molecule has 7 nitrogen and oxygen atoms in total. The number of hydrogen-bond donors (Lipinski definition) is 0. The molecule has 7 heteroatoms. The maximum absolute atomic E-state index is 5.93. The Morgan fingerprint density at radius 3 is 2.82 bits per heavy atom. The fourth-order valence-electron chi connectivity index (χ4n) is 3.47. The maximum Gasteiger partial charge on any atom is 0.164 e. The van der Waals surface area contributed by atoms with Gasteiger partial charge in [-0.2, -0.15) is 0 Å². The molecule has 1 saturated heterocycles. The van der Waals surface area contributed by atoms with Crippen LogP contribution in [0.25, 0.3) is 11.2 Å². The first-order valence-corrected chi connectivity index (χ1v) is 7.33. The van der Waals surface area contributed by atoms with Crippen LogP contribution in [0.3, 0.4) is 0 Å². The molecule has 3 heterocycles. The van der Waals surface area contributed by atoms with E-state index in [2.05, 4.69) is 26.4 Å². The van der Waals surface area contributed by atoms with E-state index in [9.17, 15) is 0 Å². The number of aromatic nitrogens is 4. The van der Waals surface area contributed by atoms with Crippen molar-refractivity contribution in [3.05, 3.63) is 17.8 Å². The lowest BCUT2D eigenvalue weighted by atomic mass is 9.94. The molecule has 2 aromatic rings. The second kappa shape index (κ2) is 5.57. The third-order valence-electron chi connectivity index (χ3n) is 4.43. The number of aryl methyl sites for hydroxylation is 2. The number of ether oxygens (including phenoxy) is 3. The Morgan fingerprint density at radius 2 is 2.14 bits per heavy atom. The number of fused-ring (bicyclic) bond motifs is 1. The average Bonchev–Trinajstić information content (AvgIpc) is 2.98. The zero-order valence-electron chi connectivity index (χ0n) is 13.7. The van der Waals surface area contributed by atoms with E-state index in [0.717, 1.165) is 22.7 Å². The largest absolute Gasteiger partial charge is 0.382 e. The number of imidazole rings is 1. The highest BCUT2D eigenvalue weighted by Crippen LogP contribution is 2.37. The van der Waals surface area contributed by atoms with Crippen molar-refractivity contribution in [2.45, 2.75) is 38.5 Å². The van der Waals surface area contributed by atoms with Gasteiger partial charge in [0, 0.05) is 14.2 Å². The van der Waals surface area contributed by atoms with E-state index < -0.39 is 5.54 Å². The second-order valence-corrected chi connectivity index (χ2v) is 5.94. The van der Waals surface area contributed by atoms with E-state index in [1.165, 1.54) is 0 Å². The smallest absolute Gasteiger partial charge is 0.164 e. The van der Waals surface area contributed by atoms with Crippen molar-refractivity contribution in [2.75, 3.05) is 27.4 Å². The van der Waals surface area contributed by atoms with Crippen molar-refractivity contribution < 1.29 is 14.2 Å². The molecule has 0 aliphatic carbocycles. The van der Waals surface area contributed by atoms with Gasteiger partial charge in [0.1, 0.15) is 29.9 Å². The minimum absolute atomic E-state index is 0.111. The number of nitrogens with zero attached hydrogens (tertiary/aromatic N) is 4. The van der Waals surface area contributed by atoms with Crippen molar-refractivity contribution >= 4 is 11.2 Å². The summed E-state index contributed by atoms with van der Waals surface area (Å²) in [5.41, 5.74) is 2.12. The lowest BCUT2D eigenvalue weighted by Crippen LogP contribution is -2.46. The van der Waals surface area contributed by atoms with Crippen LogP contribution in [0.5, 0.6) is 0 Å². The van der Waals surface area contributed by atoms with Gasteiger partial charge < -0.3 is 18.8 Å². The summed E-state index contributed by atoms with van der Waals surface area (Å²) in [6, 6.07) is 0. The van der Waals surface area contributed by atoms with Crippen molar-refractivity contribution in [3.63, 3.8) is 0 Å².